The Morgan fingerprint density at radius 1 is 1.08 bits per heavy atom. The van der Waals surface area contributed by atoms with Crippen molar-refractivity contribution in [1.82, 2.24) is 14.5 Å². The van der Waals surface area contributed by atoms with E-state index in [1.807, 2.05) is 31.2 Å². The smallest absolute Gasteiger partial charge is 0.269 e. The van der Waals surface area contributed by atoms with E-state index in [4.69, 9.17) is 0 Å². The molecule has 0 aromatic heterocycles. The fraction of sp³-hybridized carbons (Fsp3) is 0.444. The molecule has 1 fully saturated rings. The average Bonchev–Trinajstić information content (AvgIpc) is 3.06. The molecule has 1 heterocycles. The summed E-state index contributed by atoms with van der Waals surface area (Å²) in [5.41, 5.74) is 2.02. The minimum atomic E-state index is -4.00. The van der Waals surface area contributed by atoms with Crippen LogP contribution in [0, 0.1) is 6.92 Å². The van der Waals surface area contributed by atoms with Crippen molar-refractivity contribution < 1.29 is 22.8 Å². The lowest BCUT2D eigenvalue weighted by molar-refractivity contribution is -0.141. The summed E-state index contributed by atoms with van der Waals surface area (Å²) in [5, 5.41) is 3.09. The monoisotopic (exact) mass is 511 g/mol. The van der Waals surface area contributed by atoms with E-state index >= 15 is 0 Å². The van der Waals surface area contributed by atoms with Crippen LogP contribution in [0.4, 0.5) is 0 Å². The first kappa shape index (κ1) is 25.9. The van der Waals surface area contributed by atoms with Crippen LogP contribution in [0.15, 0.2) is 53.4 Å². The molecule has 0 spiro atoms. The summed E-state index contributed by atoms with van der Waals surface area (Å²) in [4.78, 5) is 40.7. The predicted octanol–water partition coefficient (Wildman–Crippen LogP) is 3.40. The fourth-order valence-electron chi connectivity index (χ4n) is 4.95. The van der Waals surface area contributed by atoms with Crippen molar-refractivity contribution in [2.24, 2.45) is 0 Å². The molecular formula is C27H33N3O5S. The lowest BCUT2D eigenvalue weighted by Crippen LogP contribution is -2.50. The van der Waals surface area contributed by atoms with Gasteiger partial charge >= 0.3 is 0 Å². The Labute approximate surface area is 212 Å². The maximum Gasteiger partial charge on any atom is 0.269 e. The van der Waals surface area contributed by atoms with E-state index in [0.29, 0.717) is 0 Å². The number of benzene rings is 2. The summed E-state index contributed by atoms with van der Waals surface area (Å²) in [6.07, 6.45) is 4.96. The van der Waals surface area contributed by atoms with Crippen LogP contribution in [-0.2, 0) is 26.2 Å². The number of carbonyl (C=O) groups excluding carboxylic acids is 3. The third kappa shape index (κ3) is 5.46. The fourth-order valence-corrected chi connectivity index (χ4v) is 6.52. The molecule has 4 rings (SSSR count). The van der Waals surface area contributed by atoms with Crippen molar-refractivity contribution in [3.05, 3.63) is 65.2 Å². The van der Waals surface area contributed by atoms with E-state index in [-0.39, 0.29) is 47.8 Å². The van der Waals surface area contributed by atoms with Gasteiger partial charge in [-0.3, -0.25) is 14.4 Å². The summed E-state index contributed by atoms with van der Waals surface area (Å²) in [6, 6.07) is 13.1. The van der Waals surface area contributed by atoms with Crippen molar-refractivity contribution in [2.75, 3.05) is 6.54 Å². The second-order valence-corrected chi connectivity index (χ2v) is 11.5. The molecule has 1 N–H and O–H groups in total. The summed E-state index contributed by atoms with van der Waals surface area (Å²) < 4.78 is 26.5. The summed E-state index contributed by atoms with van der Waals surface area (Å²) >= 11 is 0. The van der Waals surface area contributed by atoms with Gasteiger partial charge in [0.05, 0.1) is 5.56 Å². The van der Waals surface area contributed by atoms with E-state index in [9.17, 15) is 22.8 Å². The van der Waals surface area contributed by atoms with E-state index < -0.39 is 22.0 Å². The highest BCUT2D eigenvalue weighted by molar-refractivity contribution is 7.90. The van der Waals surface area contributed by atoms with Crippen LogP contribution in [0.5, 0.6) is 0 Å². The standard InChI is InChI=1S/C27H33N3O5S/c1-19-9-8-10-21(17-19)18-29(20(2)26(32)28-22-11-4-3-5-12-22)25(31)15-16-30-27(33)23-13-6-7-14-24(23)36(30,34)35/h6-10,13-14,17,20,22H,3-5,11-12,15-16,18H2,1-2H3,(H,28,32)/t20-/m0/s1. The van der Waals surface area contributed by atoms with Crippen molar-refractivity contribution in [2.45, 2.75) is 75.9 Å². The number of nitrogens with zero attached hydrogens (tertiary/aromatic N) is 2. The maximum atomic E-state index is 13.4. The molecule has 1 aliphatic heterocycles. The molecule has 0 radical (unpaired) electrons. The van der Waals surface area contributed by atoms with Gasteiger partial charge in [0.1, 0.15) is 10.9 Å². The van der Waals surface area contributed by atoms with E-state index in [1.165, 1.54) is 23.5 Å². The summed E-state index contributed by atoms with van der Waals surface area (Å²) in [6.45, 7) is 3.58. The molecule has 2 aromatic rings. The van der Waals surface area contributed by atoms with Gasteiger partial charge in [-0.15, -0.1) is 0 Å². The molecule has 192 valence electrons. The number of amides is 3. The molecule has 3 amide bonds. The molecule has 0 bridgehead atoms. The molecule has 1 aliphatic carbocycles. The van der Waals surface area contributed by atoms with Gasteiger partial charge in [-0.2, -0.15) is 0 Å². The third-order valence-electron chi connectivity index (χ3n) is 7.00. The van der Waals surface area contributed by atoms with Crippen LogP contribution < -0.4 is 5.32 Å². The van der Waals surface area contributed by atoms with Gasteiger partial charge < -0.3 is 10.2 Å². The summed E-state index contributed by atoms with van der Waals surface area (Å²) in [7, 11) is -4.00. The van der Waals surface area contributed by atoms with Crippen LogP contribution in [0.3, 0.4) is 0 Å². The zero-order valence-electron chi connectivity index (χ0n) is 20.8. The quantitative estimate of drug-likeness (QED) is 0.585. The minimum Gasteiger partial charge on any atom is -0.352 e. The van der Waals surface area contributed by atoms with Crippen LogP contribution in [0.25, 0.3) is 0 Å². The molecule has 0 unspecified atom stereocenters. The maximum absolute atomic E-state index is 13.4. The van der Waals surface area contributed by atoms with Crippen molar-refractivity contribution in [3.63, 3.8) is 0 Å². The van der Waals surface area contributed by atoms with Gasteiger partial charge in [0.2, 0.25) is 11.8 Å². The Morgan fingerprint density at radius 3 is 2.50 bits per heavy atom. The van der Waals surface area contributed by atoms with Crippen molar-refractivity contribution >= 4 is 27.7 Å². The third-order valence-corrected chi connectivity index (χ3v) is 8.84. The van der Waals surface area contributed by atoms with Gasteiger partial charge in [-0.05, 0) is 44.4 Å². The highest BCUT2D eigenvalue weighted by Gasteiger charge is 2.41. The lowest BCUT2D eigenvalue weighted by Gasteiger charge is -2.31. The molecule has 1 saturated carbocycles. The Morgan fingerprint density at radius 2 is 1.81 bits per heavy atom. The second-order valence-electron chi connectivity index (χ2n) is 9.66. The number of hydrogen-bond acceptors (Lipinski definition) is 5. The Hall–Kier alpha value is -3.20. The number of hydrogen-bond donors (Lipinski definition) is 1. The molecule has 8 nitrogen and oxygen atoms in total. The first-order chi connectivity index (χ1) is 17.2. The topological polar surface area (TPSA) is 104 Å². The first-order valence-electron chi connectivity index (χ1n) is 12.5. The molecule has 2 aliphatic rings. The van der Waals surface area contributed by atoms with Crippen molar-refractivity contribution in [1.29, 1.82) is 0 Å². The second kappa shape index (κ2) is 10.8. The van der Waals surface area contributed by atoms with Crippen LogP contribution >= 0.6 is 0 Å². The molecule has 2 aromatic carbocycles. The number of rotatable bonds is 8. The number of aryl methyl sites for hydroxylation is 1. The van der Waals surface area contributed by atoms with Crippen LogP contribution in [0.2, 0.25) is 0 Å². The summed E-state index contributed by atoms with van der Waals surface area (Å²) in [5.74, 6) is -1.24. The zero-order valence-corrected chi connectivity index (χ0v) is 21.6. The van der Waals surface area contributed by atoms with Crippen LogP contribution in [-0.4, -0.2) is 54.0 Å². The van der Waals surface area contributed by atoms with E-state index in [2.05, 4.69) is 5.32 Å². The SMILES string of the molecule is Cc1cccc(CN(C(=O)CCN2C(=O)c3ccccc3S2(=O)=O)[C@@H](C)C(=O)NC2CCCCC2)c1. The molecule has 1 atom stereocenters. The number of carbonyl (C=O) groups is 3. The number of sulfonamides is 1. The Balaban J connectivity index is 1.50. The largest absolute Gasteiger partial charge is 0.352 e. The zero-order chi connectivity index (χ0) is 25.9. The van der Waals surface area contributed by atoms with Crippen molar-refractivity contribution in [3.8, 4) is 0 Å². The Bertz CT molecular complexity index is 1250. The highest BCUT2D eigenvalue weighted by Crippen LogP contribution is 2.30. The predicted molar refractivity (Wildman–Crippen MR) is 135 cm³/mol. The minimum absolute atomic E-state index is 0.0423. The van der Waals surface area contributed by atoms with E-state index in [1.54, 1.807) is 19.1 Å². The average molecular weight is 512 g/mol. The normalized spacial score (nSPS) is 17.9. The van der Waals surface area contributed by atoms with Gasteiger partial charge in [-0.25, -0.2) is 12.7 Å². The Kier molecular flexibility index (Phi) is 7.78. The van der Waals surface area contributed by atoms with E-state index in [0.717, 1.165) is 41.1 Å². The molecule has 0 saturated heterocycles. The van der Waals surface area contributed by atoms with Crippen LogP contribution in [0.1, 0.15) is 66.9 Å². The highest BCUT2D eigenvalue weighted by atomic mass is 32.2. The molecule has 9 heteroatoms. The molecular weight excluding hydrogens is 478 g/mol. The van der Waals surface area contributed by atoms with Gasteiger partial charge in [0, 0.05) is 25.6 Å². The number of fused-ring (bicyclic) bond motifs is 1. The van der Waals surface area contributed by atoms with Gasteiger partial charge in [0.15, 0.2) is 0 Å². The van der Waals surface area contributed by atoms with Gasteiger partial charge in [0.25, 0.3) is 15.9 Å². The molecule has 36 heavy (non-hydrogen) atoms. The first-order valence-corrected chi connectivity index (χ1v) is 13.9. The number of nitrogens with one attached hydrogen (secondary N) is 1. The van der Waals surface area contributed by atoms with Gasteiger partial charge in [-0.1, -0.05) is 61.2 Å². The lowest BCUT2D eigenvalue weighted by atomic mass is 9.95.